The average Bonchev–Trinajstić information content (AvgIpc) is 2.13. The molecule has 0 amide bonds. The first kappa shape index (κ1) is 14.6. The summed E-state index contributed by atoms with van der Waals surface area (Å²) in [5.41, 5.74) is -1.20. The molecule has 0 aliphatic rings. The van der Waals surface area contributed by atoms with Gasteiger partial charge in [-0.2, -0.15) is 0 Å². The predicted octanol–water partition coefficient (Wildman–Crippen LogP) is 1.36. The first-order valence-electron chi connectivity index (χ1n) is 5.14. The van der Waals surface area contributed by atoms with Gasteiger partial charge in [0, 0.05) is 5.54 Å². The maximum absolute atomic E-state index is 13.4. The Kier molecular flexibility index (Phi) is 4.08. The van der Waals surface area contributed by atoms with Crippen LogP contribution in [-0.4, -0.2) is 25.0 Å². The molecule has 0 unspecified atom stereocenters. The van der Waals surface area contributed by atoms with Crippen molar-refractivity contribution in [3.05, 3.63) is 30.1 Å². The number of sulfonamides is 1. The Morgan fingerprint density at radius 3 is 2.44 bits per heavy atom. The first-order chi connectivity index (χ1) is 8.14. The van der Waals surface area contributed by atoms with Gasteiger partial charge in [-0.25, -0.2) is 17.5 Å². The molecule has 0 aromatic heterocycles. The first-order valence-corrected chi connectivity index (χ1v) is 6.63. The van der Waals surface area contributed by atoms with Gasteiger partial charge < -0.3 is 5.11 Å². The van der Waals surface area contributed by atoms with Crippen LogP contribution in [0, 0.1) is 5.82 Å². The molecule has 1 aromatic carbocycles. The topological polar surface area (TPSA) is 83.5 Å². The van der Waals surface area contributed by atoms with Gasteiger partial charge in [-0.1, -0.05) is 12.1 Å². The third-order valence-corrected chi connectivity index (χ3v) is 3.86. The fourth-order valence-electron chi connectivity index (χ4n) is 1.50. The highest BCUT2D eigenvalue weighted by Gasteiger charge is 2.29. The van der Waals surface area contributed by atoms with Crippen molar-refractivity contribution in [2.75, 3.05) is 0 Å². The molecule has 0 saturated heterocycles. The van der Waals surface area contributed by atoms with Gasteiger partial charge in [-0.15, -0.1) is 0 Å². The second-order valence-corrected chi connectivity index (χ2v) is 6.14. The van der Waals surface area contributed by atoms with Crippen LogP contribution in [0.1, 0.15) is 20.3 Å². The van der Waals surface area contributed by atoms with Crippen LogP contribution in [-0.2, 0) is 14.8 Å². The van der Waals surface area contributed by atoms with E-state index in [-0.39, 0.29) is 0 Å². The maximum atomic E-state index is 13.4. The third-order valence-electron chi connectivity index (χ3n) is 2.13. The van der Waals surface area contributed by atoms with Gasteiger partial charge in [0.15, 0.2) is 0 Å². The van der Waals surface area contributed by atoms with Crippen molar-refractivity contribution in [2.45, 2.75) is 30.7 Å². The van der Waals surface area contributed by atoms with Crippen molar-refractivity contribution in [3.63, 3.8) is 0 Å². The van der Waals surface area contributed by atoms with Crippen molar-refractivity contribution in [2.24, 2.45) is 0 Å². The molecule has 7 heteroatoms. The molecule has 0 aliphatic heterocycles. The molecule has 2 N–H and O–H groups in total. The number of aliphatic carboxylic acids is 1. The molecule has 0 fully saturated rings. The number of hydrogen-bond donors (Lipinski definition) is 2. The molecule has 1 aromatic rings. The van der Waals surface area contributed by atoms with Gasteiger partial charge in [0.2, 0.25) is 10.0 Å². The lowest BCUT2D eigenvalue weighted by Gasteiger charge is -2.24. The van der Waals surface area contributed by atoms with Gasteiger partial charge in [0.05, 0.1) is 6.42 Å². The van der Waals surface area contributed by atoms with E-state index in [1.807, 2.05) is 0 Å². The Balaban J connectivity index is 3.03. The molecule has 0 aliphatic carbocycles. The largest absolute Gasteiger partial charge is 0.481 e. The number of carboxylic acid groups (broad SMARTS) is 1. The fraction of sp³-hybridized carbons (Fsp3) is 0.364. The van der Waals surface area contributed by atoms with E-state index in [9.17, 15) is 17.6 Å². The highest BCUT2D eigenvalue weighted by atomic mass is 32.2. The van der Waals surface area contributed by atoms with E-state index in [4.69, 9.17) is 5.11 Å². The Morgan fingerprint density at radius 1 is 1.39 bits per heavy atom. The SMILES string of the molecule is CC(C)(CC(=O)O)NS(=O)(=O)c1ccccc1F. The van der Waals surface area contributed by atoms with Crippen LogP contribution in [0.4, 0.5) is 4.39 Å². The number of nitrogens with one attached hydrogen (secondary N) is 1. The van der Waals surface area contributed by atoms with Crippen LogP contribution >= 0.6 is 0 Å². The minimum absolute atomic E-state index is 0.402. The summed E-state index contributed by atoms with van der Waals surface area (Å²) in [6, 6.07) is 4.91. The summed E-state index contributed by atoms with van der Waals surface area (Å²) >= 11 is 0. The second kappa shape index (κ2) is 5.03. The number of halogens is 1. The van der Waals surface area contributed by atoms with Crippen molar-refractivity contribution >= 4 is 16.0 Å². The van der Waals surface area contributed by atoms with Gasteiger partial charge in [0.1, 0.15) is 10.7 Å². The van der Waals surface area contributed by atoms with E-state index in [0.717, 1.165) is 12.1 Å². The Labute approximate surface area is 105 Å². The van der Waals surface area contributed by atoms with Crippen LogP contribution in [0.3, 0.4) is 0 Å². The van der Waals surface area contributed by atoms with Crippen molar-refractivity contribution in [1.82, 2.24) is 4.72 Å². The van der Waals surface area contributed by atoms with E-state index in [1.54, 1.807) is 0 Å². The molecule has 100 valence electrons. The summed E-state index contributed by atoms with van der Waals surface area (Å²) in [6.45, 7) is 2.83. The van der Waals surface area contributed by atoms with Gasteiger partial charge in [0.25, 0.3) is 0 Å². The standard InChI is InChI=1S/C11H14FNO4S/c1-11(2,7-10(14)15)13-18(16,17)9-6-4-3-5-8(9)12/h3-6,13H,7H2,1-2H3,(H,14,15). The number of carbonyl (C=O) groups is 1. The molecule has 18 heavy (non-hydrogen) atoms. The normalized spacial score (nSPS) is 12.4. The molecule has 0 spiro atoms. The summed E-state index contributed by atoms with van der Waals surface area (Å²) in [5.74, 6) is -2.02. The summed E-state index contributed by atoms with van der Waals surface area (Å²) in [6.07, 6.45) is -0.402. The number of carboxylic acids is 1. The molecule has 0 bridgehead atoms. The molecular formula is C11H14FNO4S. The third kappa shape index (κ3) is 3.78. The average molecular weight is 275 g/mol. The summed E-state index contributed by atoms with van der Waals surface area (Å²) in [7, 11) is -4.08. The zero-order valence-corrected chi connectivity index (χ0v) is 10.8. The minimum atomic E-state index is -4.08. The predicted molar refractivity (Wildman–Crippen MR) is 63.1 cm³/mol. The molecule has 0 saturated carbocycles. The molecule has 0 radical (unpaired) electrons. The zero-order valence-electron chi connectivity index (χ0n) is 9.97. The van der Waals surface area contributed by atoms with Crippen LogP contribution < -0.4 is 4.72 Å². The molecule has 1 rings (SSSR count). The molecule has 0 heterocycles. The second-order valence-electron chi connectivity index (χ2n) is 4.49. The Bertz CT molecular complexity index is 554. The number of hydrogen-bond acceptors (Lipinski definition) is 3. The van der Waals surface area contributed by atoms with E-state index >= 15 is 0 Å². The van der Waals surface area contributed by atoms with E-state index in [2.05, 4.69) is 4.72 Å². The highest BCUT2D eigenvalue weighted by molar-refractivity contribution is 7.89. The van der Waals surface area contributed by atoms with Crippen LogP contribution in [0.2, 0.25) is 0 Å². The van der Waals surface area contributed by atoms with Crippen LogP contribution in [0.5, 0.6) is 0 Å². The van der Waals surface area contributed by atoms with Gasteiger partial charge in [-0.05, 0) is 26.0 Å². The van der Waals surface area contributed by atoms with Crippen molar-refractivity contribution in [3.8, 4) is 0 Å². The van der Waals surface area contributed by atoms with Gasteiger partial charge in [-0.3, -0.25) is 4.79 Å². The molecule has 5 nitrogen and oxygen atoms in total. The Hall–Kier alpha value is -1.47. The van der Waals surface area contributed by atoms with Crippen LogP contribution in [0.25, 0.3) is 0 Å². The number of rotatable bonds is 5. The monoisotopic (exact) mass is 275 g/mol. The lowest BCUT2D eigenvalue weighted by atomic mass is 10.0. The van der Waals surface area contributed by atoms with E-state index in [1.165, 1.54) is 26.0 Å². The molecular weight excluding hydrogens is 261 g/mol. The zero-order chi connectivity index (χ0) is 14.0. The lowest BCUT2D eigenvalue weighted by Crippen LogP contribution is -2.45. The highest BCUT2D eigenvalue weighted by Crippen LogP contribution is 2.18. The maximum Gasteiger partial charge on any atom is 0.305 e. The summed E-state index contributed by atoms with van der Waals surface area (Å²) < 4.78 is 39.4. The Morgan fingerprint density at radius 2 is 1.94 bits per heavy atom. The lowest BCUT2D eigenvalue weighted by molar-refractivity contribution is -0.138. The van der Waals surface area contributed by atoms with E-state index in [0.29, 0.717) is 0 Å². The summed E-state index contributed by atoms with van der Waals surface area (Å²) in [4.78, 5) is 10.1. The number of benzene rings is 1. The van der Waals surface area contributed by atoms with Crippen LogP contribution in [0.15, 0.2) is 29.2 Å². The minimum Gasteiger partial charge on any atom is -0.481 e. The quantitative estimate of drug-likeness (QED) is 0.849. The fourth-order valence-corrected chi connectivity index (χ4v) is 2.99. The summed E-state index contributed by atoms with van der Waals surface area (Å²) in [5, 5.41) is 8.66. The van der Waals surface area contributed by atoms with Crippen molar-refractivity contribution in [1.29, 1.82) is 0 Å². The van der Waals surface area contributed by atoms with Crippen molar-refractivity contribution < 1.29 is 22.7 Å². The smallest absolute Gasteiger partial charge is 0.305 e. The molecule has 0 atom stereocenters. The van der Waals surface area contributed by atoms with Gasteiger partial charge >= 0.3 is 5.97 Å². The van der Waals surface area contributed by atoms with E-state index < -0.39 is 38.7 Å².